The van der Waals surface area contributed by atoms with E-state index >= 15 is 0 Å². The van der Waals surface area contributed by atoms with Gasteiger partial charge in [-0.1, -0.05) is 0 Å². The number of aromatic nitrogens is 1. The third-order valence-corrected chi connectivity index (χ3v) is 4.84. The summed E-state index contributed by atoms with van der Waals surface area (Å²) < 4.78 is 32.7. The van der Waals surface area contributed by atoms with Crippen LogP contribution in [0, 0.1) is 0 Å². The molecule has 0 bridgehead atoms. The number of hydrogen-bond acceptors (Lipinski definition) is 6. The van der Waals surface area contributed by atoms with Gasteiger partial charge in [-0.05, 0) is 0 Å². The zero-order valence-corrected chi connectivity index (χ0v) is 11.5. The molecule has 1 aliphatic rings. The van der Waals surface area contributed by atoms with E-state index in [4.69, 9.17) is 9.84 Å². The third kappa shape index (κ3) is 3.86. The van der Waals surface area contributed by atoms with Gasteiger partial charge in [-0.15, -0.1) is 11.3 Å². The number of carboxylic acids is 1. The Hall–Kier alpha value is -1.23. The summed E-state index contributed by atoms with van der Waals surface area (Å²) in [4.78, 5) is 14.4. The number of morpholine rings is 1. The van der Waals surface area contributed by atoms with Crippen LogP contribution in [0.5, 0.6) is 0 Å². The minimum Gasteiger partial charge on any atom is -0.481 e. The summed E-state index contributed by atoms with van der Waals surface area (Å²) in [6.45, 7) is 1.32. The average Bonchev–Trinajstić information content (AvgIpc) is 2.76. The second-order valence-corrected chi connectivity index (χ2v) is 6.36. The maximum Gasteiger partial charge on any atom is 0.309 e. The van der Waals surface area contributed by atoms with Crippen LogP contribution in [0.15, 0.2) is 5.38 Å². The number of nitrogens with zero attached hydrogens (tertiary/aromatic N) is 2. The topological polar surface area (TPSA) is 109 Å². The average molecular weight is 307 g/mol. The summed E-state index contributed by atoms with van der Waals surface area (Å²) in [5.41, 5.74) is 0.331. The summed E-state index contributed by atoms with van der Waals surface area (Å²) >= 11 is 1.06. The summed E-state index contributed by atoms with van der Waals surface area (Å²) in [7, 11) is -3.65. The maximum atomic E-state index is 12.0. The quantitative estimate of drug-likeness (QED) is 0.777. The van der Waals surface area contributed by atoms with Crippen molar-refractivity contribution in [2.75, 3.05) is 31.0 Å². The van der Waals surface area contributed by atoms with Crippen LogP contribution in [-0.4, -0.2) is 55.1 Å². The lowest BCUT2D eigenvalue weighted by Crippen LogP contribution is -2.43. The van der Waals surface area contributed by atoms with Crippen molar-refractivity contribution in [2.24, 2.45) is 0 Å². The first-order valence-corrected chi connectivity index (χ1v) is 7.81. The van der Waals surface area contributed by atoms with Gasteiger partial charge < -0.3 is 9.84 Å². The lowest BCUT2D eigenvalue weighted by atomic mass is 10.3. The Morgan fingerprint density at radius 3 is 2.84 bits per heavy atom. The minimum atomic E-state index is -3.65. The molecule has 0 radical (unpaired) electrons. The zero-order chi connectivity index (χ0) is 13.9. The van der Waals surface area contributed by atoms with Gasteiger partial charge in [0, 0.05) is 18.5 Å². The van der Waals surface area contributed by atoms with Crippen molar-refractivity contribution in [3.63, 3.8) is 0 Å². The highest BCUT2D eigenvalue weighted by Gasteiger charge is 2.25. The normalized spacial score (nSPS) is 17.3. The number of nitrogens with one attached hydrogen (secondary N) is 1. The second kappa shape index (κ2) is 5.82. The van der Waals surface area contributed by atoms with Crippen molar-refractivity contribution < 1.29 is 23.1 Å². The Morgan fingerprint density at radius 2 is 2.21 bits per heavy atom. The number of carbonyl (C=O) groups is 1. The molecule has 2 rings (SSSR count). The van der Waals surface area contributed by atoms with E-state index in [1.165, 1.54) is 9.69 Å². The number of aliphatic carboxylic acids is 1. The summed E-state index contributed by atoms with van der Waals surface area (Å²) in [6.07, 6.45) is -0.226. The Morgan fingerprint density at radius 1 is 1.53 bits per heavy atom. The molecule has 0 saturated carbocycles. The number of rotatable bonds is 5. The van der Waals surface area contributed by atoms with Crippen molar-refractivity contribution in [2.45, 2.75) is 6.42 Å². The van der Waals surface area contributed by atoms with E-state index in [0.29, 0.717) is 32.0 Å². The van der Waals surface area contributed by atoms with Crippen molar-refractivity contribution in [1.29, 1.82) is 0 Å². The van der Waals surface area contributed by atoms with Gasteiger partial charge in [-0.2, -0.15) is 12.7 Å². The van der Waals surface area contributed by atoms with Crippen LogP contribution < -0.4 is 4.72 Å². The van der Waals surface area contributed by atoms with Crippen molar-refractivity contribution >= 4 is 32.6 Å². The van der Waals surface area contributed by atoms with Gasteiger partial charge in [0.25, 0.3) is 0 Å². The van der Waals surface area contributed by atoms with E-state index in [2.05, 4.69) is 9.71 Å². The van der Waals surface area contributed by atoms with E-state index in [9.17, 15) is 13.2 Å². The molecule has 0 aromatic carbocycles. The van der Waals surface area contributed by atoms with Crippen molar-refractivity contribution in [1.82, 2.24) is 9.29 Å². The monoisotopic (exact) mass is 307 g/mol. The molecule has 0 aliphatic carbocycles. The van der Waals surface area contributed by atoms with Crippen LogP contribution in [0.2, 0.25) is 0 Å². The van der Waals surface area contributed by atoms with Gasteiger partial charge in [-0.3, -0.25) is 4.79 Å². The van der Waals surface area contributed by atoms with Gasteiger partial charge in [0.2, 0.25) is 0 Å². The number of hydrogen-bond donors (Lipinski definition) is 2. The first kappa shape index (κ1) is 14.2. The number of anilines is 1. The Labute approximate surface area is 114 Å². The van der Waals surface area contributed by atoms with E-state index in [-0.39, 0.29) is 11.6 Å². The molecule has 1 aromatic rings. The summed E-state index contributed by atoms with van der Waals surface area (Å²) in [6, 6.07) is 0. The second-order valence-electron chi connectivity index (χ2n) is 3.83. The molecule has 19 heavy (non-hydrogen) atoms. The minimum absolute atomic E-state index is 0.169. The molecule has 10 heteroatoms. The number of ether oxygens (including phenoxy) is 1. The molecule has 1 fully saturated rings. The van der Waals surface area contributed by atoms with E-state index in [1.807, 2.05) is 0 Å². The molecule has 2 N–H and O–H groups in total. The predicted octanol–water partition coefficient (Wildman–Crippen LogP) is -0.241. The molecule has 1 aromatic heterocycles. The highest BCUT2D eigenvalue weighted by atomic mass is 32.2. The molecule has 1 saturated heterocycles. The number of thiazole rings is 1. The van der Waals surface area contributed by atoms with E-state index < -0.39 is 16.2 Å². The van der Waals surface area contributed by atoms with Gasteiger partial charge in [0.1, 0.15) is 0 Å². The Balaban J connectivity index is 2.03. The Bertz CT molecular complexity index is 550. The Kier molecular flexibility index (Phi) is 4.34. The largest absolute Gasteiger partial charge is 0.481 e. The molecule has 2 heterocycles. The van der Waals surface area contributed by atoms with Gasteiger partial charge in [-0.25, -0.2) is 9.71 Å². The lowest BCUT2D eigenvalue weighted by Gasteiger charge is -2.25. The fourth-order valence-corrected chi connectivity index (χ4v) is 3.64. The fraction of sp³-hybridized carbons (Fsp3) is 0.556. The smallest absolute Gasteiger partial charge is 0.309 e. The van der Waals surface area contributed by atoms with Crippen molar-refractivity contribution in [3.8, 4) is 0 Å². The molecule has 106 valence electrons. The maximum absolute atomic E-state index is 12.0. The SMILES string of the molecule is O=C(O)Cc1csc(NS(=O)(=O)N2CCOCC2)n1. The van der Waals surface area contributed by atoms with Gasteiger partial charge >= 0.3 is 16.2 Å². The molecular formula is C9H13N3O5S2. The summed E-state index contributed by atoms with van der Waals surface area (Å²) in [5.74, 6) is -1.01. The van der Waals surface area contributed by atoms with Crippen LogP contribution in [0.4, 0.5) is 5.13 Å². The number of carboxylic acid groups (broad SMARTS) is 1. The van der Waals surface area contributed by atoms with Gasteiger partial charge in [0.15, 0.2) is 5.13 Å². The molecule has 0 amide bonds. The van der Waals surface area contributed by atoms with Gasteiger partial charge in [0.05, 0.1) is 25.3 Å². The zero-order valence-electron chi connectivity index (χ0n) is 9.90. The molecule has 0 spiro atoms. The first-order valence-electron chi connectivity index (χ1n) is 5.49. The summed E-state index contributed by atoms with van der Waals surface area (Å²) in [5, 5.41) is 10.3. The molecular weight excluding hydrogens is 294 g/mol. The van der Waals surface area contributed by atoms with Crippen LogP contribution in [0.1, 0.15) is 5.69 Å². The fourth-order valence-electron chi connectivity index (χ4n) is 1.55. The van der Waals surface area contributed by atoms with Crippen LogP contribution in [-0.2, 0) is 26.2 Å². The molecule has 8 nitrogen and oxygen atoms in total. The predicted molar refractivity (Wildman–Crippen MR) is 68.4 cm³/mol. The molecule has 0 atom stereocenters. The first-order chi connectivity index (χ1) is 8.97. The lowest BCUT2D eigenvalue weighted by molar-refractivity contribution is -0.136. The van der Waals surface area contributed by atoms with Crippen LogP contribution in [0.25, 0.3) is 0 Å². The van der Waals surface area contributed by atoms with Crippen molar-refractivity contribution in [3.05, 3.63) is 11.1 Å². The van der Waals surface area contributed by atoms with E-state index in [1.54, 1.807) is 0 Å². The third-order valence-electron chi connectivity index (χ3n) is 2.41. The van der Waals surface area contributed by atoms with E-state index in [0.717, 1.165) is 11.3 Å². The molecule has 0 unspecified atom stereocenters. The highest BCUT2D eigenvalue weighted by molar-refractivity contribution is 7.90. The van der Waals surface area contributed by atoms with Crippen LogP contribution >= 0.6 is 11.3 Å². The standard InChI is InChI=1S/C9H13N3O5S2/c13-8(14)5-7-6-18-9(10-7)11-19(15,16)12-1-3-17-4-2-12/h6H,1-5H2,(H,10,11)(H,13,14). The highest BCUT2D eigenvalue weighted by Crippen LogP contribution is 2.18. The molecule has 1 aliphatic heterocycles. The van der Waals surface area contributed by atoms with Crippen LogP contribution in [0.3, 0.4) is 0 Å².